The molecule has 3 nitrogen and oxygen atoms in total. The van der Waals surface area contributed by atoms with Crippen LogP contribution in [0.15, 0.2) is 18.3 Å². The fourth-order valence-electron chi connectivity index (χ4n) is 0.944. The van der Waals surface area contributed by atoms with Crippen LogP contribution in [-0.2, 0) is 4.79 Å². The van der Waals surface area contributed by atoms with Crippen molar-refractivity contribution in [2.45, 2.75) is 6.92 Å². The van der Waals surface area contributed by atoms with E-state index in [1.54, 1.807) is 12.2 Å². The second-order valence-corrected chi connectivity index (χ2v) is 3.26. The molecule has 0 saturated heterocycles. The lowest BCUT2D eigenvalue weighted by Crippen LogP contribution is -2.19. The normalized spacial score (nSPS) is 10.6. The van der Waals surface area contributed by atoms with Gasteiger partial charge in [-0.2, -0.15) is 0 Å². The summed E-state index contributed by atoms with van der Waals surface area (Å²) < 4.78 is 13.1. The molecule has 0 fully saturated rings. The second kappa shape index (κ2) is 5.46. The third-order valence-corrected chi connectivity index (χ3v) is 1.82. The second-order valence-electron chi connectivity index (χ2n) is 2.87. The Morgan fingerprint density at radius 2 is 2.47 bits per heavy atom. The van der Waals surface area contributed by atoms with Crippen LogP contribution in [0, 0.1) is 5.82 Å². The minimum Gasteiger partial charge on any atom is -0.353 e. The van der Waals surface area contributed by atoms with Gasteiger partial charge < -0.3 is 5.32 Å². The van der Waals surface area contributed by atoms with E-state index < -0.39 is 5.82 Å². The molecule has 0 atom stereocenters. The van der Waals surface area contributed by atoms with Gasteiger partial charge in [-0.3, -0.25) is 4.79 Å². The summed E-state index contributed by atoms with van der Waals surface area (Å²) in [6.07, 6.45) is 4.23. The number of rotatable bonds is 3. The molecule has 5 heteroatoms. The Kier molecular flexibility index (Phi) is 4.24. The first kappa shape index (κ1) is 11.7. The van der Waals surface area contributed by atoms with Gasteiger partial charge in [0.15, 0.2) is 0 Å². The molecule has 15 heavy (non-hydrogen) atoms. The van der Waals surface area contributed by atoms with E-state index >= 15 is 0 Å². The Hall–Kier alpha value is -1.42. The molecule has 0 aromatic carbocycles. The van der Waals surface area contributed by atoms with Gasteiger partial charge in [-0.15, -0.1) is 0 Å². The number of pyridine rings is 1. The number of carbonyl (C=O) groups excluding carboxylic acids is 1. The van der Waals surface area contributed by atoms with Crippen molar-refractivity contribution in [1.82, 2.24) is 10.3 Å². The molecule has 80 valence electrons. The molecule has 0 spiro atoms. The third kappa shape index (κ3) is 4.08. The lowest BCUT2D eigenvalue weighted by atomic mass is 10.2. The van der Waals surface area contributed by atoms with Crippen LogP contribution in [0.3, 0.4) is 0 Å². The predicted octanol–water partition coefficient (Wildman–Crippen LogP) is 2.02. The van der Waals surface area contributed by atoms with Crippen LogP contribution in [0.4, 0.5) is 4.39 Å². The van der Waals surface area contributed by atoms with Gasteiger partial charge in [-0.05, 0) is 6.07 Å². The van der Waals surface area contributed by atoms with Gasteiger partial charge in [0, 0.05) is 19.0 Å². The van der Waals surface area contributed by atoms with Gasteiger partial charge in [0.05, 0.1) is 6.20 Å². The highest BCUT2D eigenvalue weighted by Crippen LogP contribution is 2.12. The van der Waals surface area contributed by atoms with Crippen LogP contribution in [0.1, 0.15) is 12.5 Å². The summed E-state index contributed by atoms with van der Waals surface area (Å²) in [6.45, 7) is 1.77. The van der Waals surface area contributed by atoms with E-state index in [1.165, 1.54) is 13.0 Å². The van der Waals surface area contributed by atoms with E-state index in [0.717, 1.165) is 6.20 Å². The average Bonchev–Trinajstić information content (AvgIpc) is 2.17. The Bertz CT molecular complexity index is 393. The van der Waals surface area contributed by atoms with Crippen molar-refractivity contribution in [3.63, 3.8) is 0 Å². The van der Waals surface area contributed by atoms with E-state index in [1.807, 2.05) is 0 Å². The largest absolute Gasteiger partial charge is 0.353 e. The van der Waals surface area contributed by atoms with E-state index in [4.69, 9.17) is 11.6 Å². The summed E-state index contributed by atoms with van der Waals surface area (Å²) in [5.74, 6) is -0.577. The molecular formula is C10H10ClFN2O. The van der Waals surface area contributed by atoms with Crippen molar-refractivity contribution in [2.24, 2.45) is 0 Å². The van der Waals surface area contributed by atoms with Gasteiger partial charge in [0.2, 0.25) is 5.91 Å². The van der Waals surface area contributed by atoms with E-state index in [2.05, 4.69) is 10.3 Å². The van der Waals surface area contributed by atoms with Crippen molar-refractivity contribution >= 4 is 23.6 Å². The highest BCUT2D eigenvalue weighted by Gasteiger charge is 1.99. The zero-order valence-corrected chi connectivity index (χ0v) is 8.88. The predicted molar refractivity (Wildman–Crippen MR) is 56.9 cm³/mol. The summed E-state index contributed by atoms with van der Waals surface area (Å²) >= 11 is 5.60. The van der Waals surface area contributed by atoms with Crippen LogP contribution in [-0.4, -0.2) is 17.4 Å². The smallest absolute Gasteiger partial charge is 0.217 e. The van der Waals surface area contributed by atoms with Crippen molar-refractivity contribution in [3.8, 4) is 0 Å². The van der Waals surface area contributed by atoms with Crippen LogP contribution in [0.2, 0.25) is 5.15 Å². The van der Waals surface area contributed by atoms with Crippen LogP contribution < -0.4 is 5.32 Å². The van der Waals surface area contributed by atoms with Crippen molar-refractivity contribution in [3.05, 3.63) is 34.9 Å². The number of carbonyl (C=O) groups is 1. The molecule has 0 aliphatic rings. The molecule has 1 heterocycles. The quantitative estimate of drug-likeness (QED) is 0.805. The first-order valence-electron chi connectivity index (χ1n) is 4.31. The van der Waals surface area contributed by atoms with E-state index in [9.17, 15) is 9.18 Å². The Morgan fingerprint density at radius 1 is 1.73 bits per heavy atom. The maximum absolute atomic E-state index is 13.1. The zero-order valence-electron chi connectivity index (χ0n) is 8.13. The zero-order chi connectivity index (χ0) is 11.3. The van der Waals surface area contributed by atoms with Crippen LogP contribution >= 0.6 is 11.6 Å². The molecule has 0 aliphatic heterocycles. The summed E-state index contributed by atoms with van der Waals surface area (Å²) in [4.78, 5) is 14.1. The van der Waals surface area contributed by atoms with Gasteiger partial charge in [0.1, 0.15) is 11.0 Å². The fourth-order valence-corrected chi connectivity index (χ4v) is 1.11. The highest BCUT2D eigenvalue weighted by molar-refractivity contribution is 6.29. The molecule has 0 saturated carbocycles. The van der Waals surface area contributed by atoms with Gasteiger partial charge in [-0.25, -0.2) is 9.37 Å². The van der Waals surface area contributed by atoms with E-state index in [0.29, 0.717) is 12.1 Å². The lowest BCUT2D eigenvalue weighted by Gasteiger charge is -1.97. The minimum absolute atomic E-state index is 0.132. The lowest BCUT2D eigenvalue weighted by molar-refractivity contribution is -0.118. The maximum Gasteiger partial charge on any atom is 0.217 e. The third-order valence-electron chi connectivity index (χ3n) is 1.62. The number of hydrogen-bond acceptors (Lipinski definition) is 2. The molecule has 1 aromatic rings. The van der Waals surface area contributed by atoms with Crippen LogP contribution in [0.25, 0.3) is 6.08 Å². The first-order valence-corrected chi connectivity index (χ1v) is 4.69. The molecule has 1 aromatic heterocycles. The molecule has 1 N–H and O–H groups in total. The molecule has 0 radical (unpaired) electrons. The SMILES string of the molecule is CC(=O)NCC=Cc1cc(Cl)ncc1F. The number of aromatic nitrogens is 1. The summed E-state index contributed by atoms with van der Waals surface area (Å²) in [6, 6.07) is 1.42. The van der Waals surface area contributed by atoms with Gasteiger partial charge in [0.25, 0.3) is 0 Å². The minimum atomic E-state index is -0.446. The Balaban J connectivity index is 2.63. The molecular weight excluding hydrogens is 219 g/mol. The highest BCUT2D eigenvalue weighted by atomic mass is 35.5. The molecule has 1 amide bonds. The Morgan fingerprint density at radius 3 is 3.13 bits per heavy atom. The summed E-state index contributed by atoms with van der Waals surface area (Å²) in [7, 11) is 0. The fraction of sp³-hybridized carbons (Fsp3) is 0.200. The van der Waals surface area contributed by atoms with Crippen molar-refractivity contribution < 1.29 is 9.18 Å². The monoisotopic (exact) mass is 228 g/mol. The number of hydrogen-bond donors (Lipinski definition) is 1. The molecule has 1 rings (SSSR count). The van der Waals surface area contributed by atoms with Gasteiger partial charge in [-0.1, -0.05) is 23.8 Å². The molecule has 0 unspecified atom stereocenters. The van der Waals surface area contributed by atoms with Crippen molar-refractivity contribution in [2.75, 3.05) is 6.54 Å². The standard InChI is InChI=1S/C10H10ClFN2O/c1-7(15)13-4-2-3-8-5-10(11)14-6-9(8)12/h2-3,5-6H,4H2,1H3,(H,13,15). The number of nitrogens with one attached hydrogen (secondary N) is 1. The maximum atomic E-state index is 13.1. The van der Waals surface area contributed by atoms with Crippen LogP contribution in [0.5, 0.6) is 0 Å². The summed E-state index contributed by atoms with van der Waals surface area (Å²) in [5.41, 5.74) is 0.348. The molecule has 0 aliphatic carbocycles. The summed E-state index contributed by atoms with van der Waals surface area (Å²) in [5, 5.41) is 2.79. The average molecular weight is 229 g/mol. The van der Waals surface area contributed by atoms with Crippen molar-refractivity contribution in [1.29, 1.82) is 0 Å². The Labute approximate surface area is 92.0 Å². The van der Waals surface area contributed by atoms with E-state index in [-0.39, 0.29) is 11.1 Å². The number of amides is 1. The topological polar surface area (TPSA) is 42.0 Å². The number of halogens is 2. The molecule has 0 bridgehead atoms. The first-order chi connectivity index (χ1) is 7.09. The van der Waals surface area contributed by atoms with Gasteiger partial charge >= 0.3 is 0 Å². The number of nitrogens with zero attached hydrogens (tertiary/aromatic N) is 1.